The van der Waals surface area contributed by atoms with Gasteiger partial charge >= 0.3 is 0 Å². The fourth-order valence-corrected chi connectivity index (χ4v) is 2.42. The number of aromatic nitrogens is 2. The topological polar surface area (TPSA) is 56.3 Å². The molecule has 96 valence electrons. The van der Waals surface area contributed by atoms with Gasteiger partial charge in [-0.05, 0) is 6.42 Å². The van der Waals surface area contributed by atoms with Crippen LogP contribution in [0.1, 0.15) is 25.1 Å². The minimum Gasteiger partial charge on any atom is -0.376 e. The Bertz CT molecular complexity index is 352. The van der Waals surface area contributed by atoms with Gasteiger partial charge in [0.2, 0.25) is 0 Å². The summed E-state index contributed by atoms with van der Waals surface area (Å²) in [6.45, 7) is 5.49. The zero-order valence-corrected chi connectivity index (χ0v) is 10.7. The highest BCUT2D eigenvalue weighted by Crippen LogP contribution is 2.22. The van der Waals surface area contributed by atoms with Crippen molar-refractivity contribution in [1.82, 2.24) is 14.5 Å². The van der Waals surface area contributed by atoms with E-state index >= 15 is 0 Å². The smallest absolute Gasteiger partial charge is 0.0946 e. The van der Waals surface area contributed by atoms with Crippen LogP contribution in [0.3, 0.4) is 0 Å². The van der Waals surface area contributed by atoms with Gasteiger partial charge in [-0.2, -0.15) is 0 Å². The molecule has 1 aromatic heterocycles. The fourth-order valence-electron chi connectivity index (χ4n) is 2.42. The van der Waals surface area contributed by atoms with Crippen molar-refractivity contribution in [3.63, 3.8) is 0 Å². The molecule has 1 aliphatic heterocycles. The molecule has 2 N–H and O–H groups in total. The highest BCUT2D eigenvalue weighted by atomic mass is 16.5. The van der Waals surface area contributed by atoms with E-state index in [9.17, 15) is 0 Å². The predicted molar refractivity (Wildman–Crippen MR) is 66.6 cm³/mol. The van der Waals surface area contributed by atoms with E-state index < -0.39 is 0 Å². The zero-order chi connectivity index (χ0) is 12.3. The molecule has 0 radical (unpaired) electrons. The second kappa shape index (κ2) is 5.62. The van der Waals surface area contributed by atoms with Crippen LogP contribution >= 0.6 is 0 Å². The van der Waals surface area contributed by atoms with Crippen LogP contribution in [-0.2, 0) is 11.8 Å². The molecule has 0 aromatic carbocycles. The first kappa shape index (κ1) is 12.5. The molecular weight excluding hydrogens is 216 g/mol. The summed E-state index contributed by atoms with van der Waals surface area (Å²) in [5, 5.41) is 0. The van der Waals surface area contributed by atoms with E-state index in [0.29, 0.717) is 12.6 Å². The largest absolute Gasteiger partial charge is 0.376 e. The van der Waals surface area contributed by atoms with Gasteiger partial charge in [-0.25, -0.2) is 4.98 Å². The molecule has 0 bridgehead atoms. The number of rotatable bonds is 4. The Morgan fingerprint density at radius 1 is 1.65 bits per heavy atom. The Hall–Kier alpha value is -0.910. The maximum atomic E-state index is 5.93. The standard InChI is InChI=1S/C12H22N4O/c1-3-10-8-16(4-5-17-10)11(6-13)12-7-14-9-15(12)2/h7,9-11H,3-6,8,13H2,1-2H3. The van der Waals surface area contributed by atoms with Crippen molar-refractivity contribution in [2.24, 2.45) is 12.8 Å². The molecular formula is C12H22N4O. The lowest BCUT2D eigenvalue weighted by atomic mass is 10.1. The number of ether oxygens (including phenoxy) is 1. The van der Waals surface area contributed by atoms with E-state index in [2.05, 4.69) is 16.8 Å². The lowest BCUT2D eigenvalue weighted by molar-refractivity contribution is -0.0446. The van der Waals surface area contributed by atoms with Gasteiger partial charge in [0.15, 0.2) is 0 Å². The molecule has 0 spiro atoms. The summed E-state index contributed by atoms with van der Waals surface area (Å²) in [6, 6.07) is 0.250. The quantitative estimate of drug-likeness (QED) is 0.831. The van der Waals surface area contributed by atoms with E-state index in [4.69, 9.17) is 10.5 Å². The number of imidazole rings is 1. The maximum absolute atomic E-state index is 5.93. The molecule has 1 aromatic rings. The zero-order valence-electron chi connectivity index (χ0n) is 10.7. The molecule has 2 rings (SSSR count). The van der Waals surface area contributed by atoms with Crippen LogP contribution in [0.4, 0.5) is 0 Å². The summed E-state index contributed by atoms with van der Waals surface area (Å²) < 4.78 is 7.74. The molecule has 0 amide bonds. The molecule has 1 aliphatic rings. The molecule has 5 nitrogen and oxygen atoms in total. The number of nitrogens with zero attached hydrogens (tertiary/aromatic N) is 3. The molecule has 2 unspecified atom stereocenters. The minimum absolute atomic E-state index is 0.250. The van der Waals surface area contributed by atoms with E-state index in [0.717, 1.165) is 26.1 Å². The summed E-state index contributed by atoms with van der Waals surface area (Å²) in [7, 11) is 2.02. The van der Waals surface area contributed by atoms with Crippen LogP contribution in [0.15, 0.2) is 12.5 Å². The van der Waals surface area contributed by atoms with Crippen molar-refractivity contribution in [3.05, 3.63) is 18.2 Å². The Morgan fingerprint density at radius 2 is 2.47 bits per heavy atom. The second-order valence-corrected chi connectivity index (χ2v) is 4.58. The number of hydrogen-bond acceptors (Lipinski definition) is 4. The van der Waals surface area contributed by atoms with Crippen LogP contribution < -0.4 is 5.73 Å². The molecule has 17 heavy (non-hydrogen) atoms. The van der Waals surface area contributed by atoms with Crippen molar-refractivity contribution in [2.75, 3.05) is 26.2 Å². The van der Waals surface area contributed by atoms with E-state index in [1.54, 1.807) is 0 Å². The third-order valence-electron chi connectivity index (χ3n) is 3.48. The van der Waals surface area contributed by atoms with Crippen LogP contribution in [-0.4, -0.2) is 46.8 Å². The van der Waals surface area contributed by atoms with Crippen molar-refractivity contribution in [2.45, 2.75) is 25.5 Å². The summed E-state index contributed by atoms with van der Waals surface area (Å²) in [6.07, 6.45) is 5.13. The molecule has 2 heterocycles. The molecule has 0 aliphatic carbocycles. The third kappa shape index (κ3) is 2.68. The van der Waals surface area contributed by atoms with Gasteiger partial charge in [0.1, 0.15) is 0 Å². The lowest BCUT2D eigenvalue weighted by Crippen LogP contribution is -2.46. The van der Waals surface area contributed by atoms with Gasteiger partial charge in [0.25, 0.3) is 0 Å². The molecule has 0 saturated carbocycles. The van der Waals surface area contributed by atoms with Gasteiger partial charge in [0.05, 0.1) is 30.8 Å². The number of hydrogen-bond donors (Lipinski definition) is 1. The minimum atomic E-state index is 0.250. The van der Waals surface area contributed by atoms with E-state index in [-0.39, 0.29) is 6.04 Å². The second-order valence-electron chi connectivity index (χ2n) is 4.58. The van der Waals surface area contributed by atoms with Crippen LogP contribution in [0.25, 0.3) is 0 Å². The van der Waals surface area contributed by atoms with E-state index in [1.807, 2.05) is 24.1 Å². The van der Waals surface area contributed by atoms with Crippen molar-refractivity contribution >= 4 is 0 Å². The summed E-state index contributed by atoms with van der Waals surface area (Å²) in [5.41, 5.74) is 7.11. The van der Waals surface area contributed by atoms with Crippen LogP contribution in [0, 0.1) is 0 Å². The van der Waals surface area contributed by atoms with Crippen LogP contribution in [0.5, 0.6) is 0 Å². The predicted octanol–water partition coefficient (Wildman–Crippen LogP) is 0.531. The normalized spacial score (nSPS) is 23.8. The Balaban J connectivity index is 2.10. The molecule has 1 saturated heterocycles. The summed E-state index contributed by atoms with van der Waals surface area (Å²) >= 11 is 0. The third-order valence-corrected chi connectivity index (χ3v) is 3.48. The van der Waals surface area contributed by atoms with E-state index in [1.165, 1.54) is 5.69 Å². The van der Waals surface area contributed by atoms with Gasteiger partial charge in [-0.15, -0.1) is 0 Å². The lowest BCUT2D eigenvalue weighted by Gasteiger charge is -2.37. The van der Waals surface area contributed by atoms with Crippen molar-refractivity contribution in [1.29, 1.82) is 0 Å². The highest BCUT2D eigenvalue weighted by molar-refractivity contribution is 5.06. The fraction of sp³-hybridized carbons (Fsp3) is 0.750. The first-order chi connectivity index (χ1) is 8.26. The highest BCUT2D eigenvalue weighted by Gasteiger charge is 2.27. The Morgan fingerprint density at radius 3 is 3.06 bits per heavy atom. The first-order valence-electron chi connectivity index (χ1n) is 6.28. The van der Waals surface area contributed by atoms with Crippen molar-refractivity contribution < 1.29 is 4.74 Å². The monoisotopic (exact) mass is 238 g/mol. The average Bonchev–Trinajstić information content (AvgIpc) is 2.77. The molecule has 1 fully saturated rings. The Kier molecular flexibility index (Phi) is 4.15. The van der Waals surface area contributed by atoms with Gasteiger partial charge in [-0.1, -0.05) is 6.92 Å². The van der Waals surface area contributed by atoms with Gasteiger partial charge in [-0.3, -0.25) is 4.90 Å². The first-order valence-corrected chi connectivity index (χ1v) is 6.28. The van der Waals surface area contributed by atoms with Gasteiger partial charge < -0.3 is 15.0 Å². The summed E-state index contributed by atoms with van der Waals surface area (Å²) in [4.78, 5) is 6.59. The number of nitrogens with two attached hydrogens (primary N) is 1. The number of morpholine rings is 1. The van der Waals surface area contributed by atoms with Gasteiger partial charge in [0, 0.05) is 32.9 Å². The van der Waals surface area contributed by atoms with Crippen molar-refractivity contribution in [3.8, 4) is 0 Å². The molecule has 5 heteroatoms. The SMILES string of the molecule is CCC1CN(C(CN)c2cncn2C)CCO1. The van der Waals surface area contributed by atoms with Crippen LogP contribution in [0.2, 0.25) is 0 Å². The maximum Gasteiger partial charge on any atom is 0.0946 e. The summed E-state index contributed by atoms with van der Waals surface area (Å²) in [5.74, 6) is 0. The molecule has 2 atom stereocenters. The Labute approximate surface area is 103 Å². The number of aryl methyl sites for hydroxylation is 1. The average molecular weight is 238 g/mol.